The zero-order chi connectivity index (χ0) is 19.0. The van der Waals surface area contributed by atoms with Crippen molar-refractivity contribution >= 4 is 34.3 Å². The molecular formula is C22H19N3O3. The van der Waals surface area contributed by atoms with E-state index in [2.05, 4.69) is 22.5 Å². The fourth-order valence-corrected chi connectivity index (χ4v) is 5.66. The Morgan fingerprint density at radius 3 is 2.46 bits per heavy atom. The van der Waals surface area contributed by atoms with Crippen LogP contribution < -0.4 is 5.32 Å². The van der Waals surface area contributed by atoms with Crippen molar-refractivity contribution in [1.82, 2.24) is 9.88 Å². The second-order valence-corrected chi connectivity index (χ2v) is 8.38. The summed E-state index contributed by atoms with van der Waals surface area (Å²) in [7, 11) is 0. The number of nitrogens with one attached hydrogen (secondary N) is 1. The zero-order valence-electron chi connectivity index (χ0n) is 15.1. The summed E-state index contributed by atoms with van der Waals surface area (Å²) in [5.74, 6) is 0.225. The van der Waals surface area contributed by atoms with Crippen LogP contribution >= 0.6 is 0 Å². The Hall–Kier alpha value is -3.02. The molecule has 28 heavy (non-hydrogen) atoms. The maximum absolute atomic E-state index is 12.9. The molecule has 2 bridgehead atoms. The SMILES string of the molecule is O=C(CN1C(=O)[C@H]2[C@@H]3C=C[C@@H]([C@H]4C[C@H]34)[C@@H]2C1=O)Nc1cnc2ccccc2c1. The number of carbonyl (C=O) groups is 3. The molecule has 3 amide bonds. The Bertz CT molecular complexity index is 1040. The van der Waals surface area contributed by atoms with Gasteiger partial charge in [0, 0.05) is 5.39 Å². The topological polar surface area (TPSA) is 79.4 Å². The van der Waals surface area contributed by atoms with Crippen molar-refractivity contribution in [3.63, 3.8) is 0 Å². The van der Waals surface area contributed by atoms with Crippen molar-refractivity contribution in [2.75, 3.05) is 11.9 Å². The molecule has 0 radical (unpaired) electrons. The van der Waals surface area contributed by atoms with Crippen molar-refractivity contribution in [3.8, 4) is 0 Å². The van der Waals surface area contributed by atoms with Crippen LogP contribution in [0.15, 0.2) is 48.7 Å². The second-order valence-electron chi connectivity index (χ2n) is 8.38. The van der Waals surface area contributed by atoms with Gasteiger partial charge < -0.3 is 5.32 Å². The number of fused-ring (bicyclic) bond motifs is 1. The van der Waals surface area contributed by atoms with E-state index in [1.54, 1.807) is 6.20 Å². The third-order valence-corrected chi connectivity index (χ3v) is 6.93. The smallest absolute Gasteiger partial charge is 0.244 e. The van der Waals surface area contributed by atoms with E-state index in [0.29, 0.717) is 17.5 Å². The van der Waals surface area contributed by atoms with E-state index >= 15 is 0 Å². The summed E-state index contributed by atoms with van der Waals surface area (Å²) in [6, 6.07) is 9.47. The normalized spacial score (nSPS) is 34.5. The average molecular weight is 373 g/mol. The fourth-order valence-electron chi connectivity index (χ4n) is 5.66. The number of pyridine rings is 1. The monoisotopic (exact) mass is 373 g/mol. The fraction of sp³-hybridized carbons (Fsp3) is 0.364. The average Bonchev–Trinajstić information content (AvgIpc) is 3.49. The van der Waals surface area contributed by atoms with E-state index in [9.17, 15) is 14.4 Å². The minimum atomic E-state index is -0.372. The first-order valence-electron chi connectivity index (χ1n) is 9.80. The van der Waals surface area contributed by atoms with E-state index in [-0.39, 0.29) is 47.9 Å². The van der Waals surface area contributed by atoms with Gasteiger partial charge >= 0.3 is 0 Å². The van der Waals surface area contributed by atoms with Gasteiger partial charge in [-0.25, -0.2) is 0 Å². The molecule has 0 spiro atoms. The lowest BCUT2D eigenvalue weighted by Gasteiger charge is -2.37. The molecule has 6 heteroatoms. The number of nitrogens with zero attached hydrogens (tertiary/aromatic N) is 2. The summed E-state index contributed by atoms with van der Waals surface area (Å²) in [5.41, 5.74) is 1.40. The van der Waals surface area contributed by atoms with Crippen LogP contribution in [0.5, 0.6) is 0 Å². The van der Waals surface area contributed by atoms with Gasteiger partial charge in [-0.2, -0.15) is 0 Å². The molecule has 140 valence electrons. The molecule has 2 heterocycles. The maximum Gasteiger partial charge on any atom is 0.244 e. The number of anilines is 1. The molecule has 2 saturated carbocycles. The van der Waals surface area contributed by atoms with Gasteiger partial charge in [0.05, 0.1) is 29.2 Å². The molecule has 5 aliphatic rings. The van der Waals surface area contributed by atoms with Crippen LogP contribution in [0.3, 0.4) is 0 Å². The Labute approximate surface area is 161 Å². The van der Waals surface area contributed by atoms with Crippen molar-refractivity contribution in [2.45, 2.75) is 6.42 Å². The summed E-state index contributed by atoms with van der Waals surface area (Å²) < 4.78 is 0. The predicted molar refractivity (Wildman–Crippen MR) is 102 cm³/mol. The van der Waals surface area contributed by atoms with E-state index in [1.165, 1.54) is 4.90 Å². The highest BCUT2D eigenvalue weighted by Crippen LogP contribution is 2.65. The van der Waals surface area contributed by atoms with E-state index in [1.807, 2.05) is 30.3 Å². The first kappa shape index (κ1) is 16.0. The number of benzene rings is 1. The van der Waals surface area contributed by atoms with Crippen LogP contribution in [-0.2, 0) is 14.4 Å². The van der Waals surface area contributed by atoms with Crippen molar-refractivity contribution in [1.29, 1.82) is 0 Å². The van der Waals surface area contributed by atoms with Gasteiger partial charge in [0.25, 0.3) is 0 Å². The van der Waals surface area contributed by atoms with E-state index in [0.717, 1.165) is 17.3 Å². The van der Waals surface area contributed by atoms with Crippen LogP contribution in [0, 0.1) is 35.5 Å². The van der Waals surface area contributed by atoms with Crippen molar-refractivity contribution in [2.24, 2.45) is 35.5 Å². The third kappa shape index (κ3) is 2.14. The van der Waals surface area contributed by atoms with Crippen LogP contribution in [0.2, 0.25) is 0 Å². The van der Waals surface area contributed by atoms with Crippen molar-refractivity contribution < 1.29 is 14.4 Å². The standard InChI is InChI=1S/C22H19N3O3/c26-18(24-12-7-11-3-1-2-4-17(11)23-9-12)10-25-21(27)19-13-5-6-14(16-8-15(13)16)20(19)22(25)28/h1-7,9,13-16,19-20H,8,10H2,(H,24,26)/t13-,14+,15-,16-,19+,20+/m1/s1. The Morgan fingerprint density at radius 1 is 1.07 bits per heavy atom. The molecule has 1 saturated heterocycles. The summed E-state index contributed by atoms with van der Waals surface area (Å²) in [5, 5.41) is 3.69. The molecule has 6 nitrogen and oxygen atoms in total. The van der Waals surface area contributed by atoms with Gasteiger partial charge in [0.1, 0.15) is 6.54 Å². The summed E-state index contributed by atoms with van der Waals surface area (Å²) in [6.07, 6.45) is 6.99. The van der Waals surface area contributed by atoms with Crippen LogP contribution in [0.25, 0.3) is 10.9 Å². The quantitative estimate of drug-likeness (QED) is 0.661. The highest BCUT2D eigenvalue weighted by atomic mass is 16.2. The molecular weight excluding hydrogens is 354 g/mol. The van der Waals surface area contributed by atoms with Gasteiger partial charge in [-0.1, -0.05) is 30.4 Å². The lowest BCUT2D eigenvalue weighted by atomic mass is 9.63. The second kappa shape index (κ2) is 5.50. The van der Waals surface area contributed by atoms with Gasteiger partial charge in [0.15, 0.2) is 0 Å². The summed E-state index contributed by atoms with van der Waals surface area (Å²) in [6.45, 7) is -0.230. The molecule has 1 aromatic carbocycles. The first-order chi connectivity index (χ1) is 13.6. The minimum Gasteiger partial charge on any atom is -0.323 e. The third-order valence-electron chi connectivity index (χ3n) is 6.93. The molecule has 1 N–H and O–H groups in total. The lowest BCUT2D eigenvalue weighted by molar-refractivity contribution is -0.142. The maximum atomic E-state index is 12.9. The van der Waals surface area contributed by atoms with Gasteiger partial charge in [-0.3, -0.25) is 24.3 Å². The first-order valence-corrected chi connectivity index (χ1v) is 9.80. The number of carbonyl (C=O) groups excluding carboxylic acids is 3. The van der Waals surface area contributed by atoms with E-state index in [4.69, 9.17) is 0 Å². The van der Waals surface area contributed by atoms with Crippen LogP contribution in [0.4, 0.5) is 5.69 Å². The molecule has 3 fully saturated rings. The number of amides is 3. The van der Waals surface area contributed by atoms with Gasteiger partial charge in [-0.05, 0) is 42.2 Å². The van der Waals surface area contributed by atoms with Crippen molar-refractivity contribution in [3.05, 3.63) is 48.7 Å². The molecule has 1 aliphatic heterocycles. The molecule has 4 aliphatic carbocycles. The molecule has 7 rings (SSSR count). The number of likely N-dealkylation sites (tertiary alicyclic amines) is 1. The van der Waals surface area contributed by atoms with Crippen LogP contribution in [-0.4, -0.2) is 34.2 Å². The Morgan fingerprint density at radius 2 is 1.75 bits per heavy atom. The number of aromatic nitrogens is 1. The molecule has 0 unspecified atom stereocenters. The van der Waals surface area contributed by atoms with Crippen LogP contribution in [0.1, 0.15) is 6.42 Å². The van der Waals surface area contributed by atoms with Gasteiger partial charge in [0.2, 0.25) is 17.7 Å². The Balaban J connectivity index is 1.20. The zero-order valence-corrected chi connectivity index (χ0v) is 15.1. The number of hydrogen-bond acceptors (Lipinski definition) is 4. The summed E-state index contributed by atoms with van der Waals surface area (Å²) in [4.78, 5) is 43.9. The summed E-state index contributed by atoms with van der Waals surface area (Å²) >= 11 is 0. The lowest BCUT2D eigenvalue weighted by Crippen LogP contribution is -2.40. The largest absolute Gasteiger partial charge is 0.323 e. The Kier molecular flexibility index (Phi) is 3.14. The highest BCUT2D eigenvalue weighted by molar-refractivity contribution is 6.09. The number of imide groups is 1. The van der Waals surface area contributed by atoms with E-state index < -0.39 is 0 Å². The number of allylic oxidation sites excluding steroid dienone is 2. The molecule has 1 aromatic heterocycles. The van der Waals surface area contributed by atoms with Gasteiger partial charge in [-0.15, -0.1) is 0 Å². The molecule has 2 aromatic rings. The highest BCUT2D eigenvalue weighted by Gasteiger charge is 2.67. The molecule has 6 atom stereocenters. The predicted octanol–water partition coefficient (Wildman–Crippen LogP) is 2.23. The number of hydrogen-bond donors (Lipinski definition) is 1. The number of para-hydroxylation sites is 1. The minimum absolute atomic E-state index is 0.175. The number of rotatable bonds is 3.